The Hall–Kier alpha value is -3.47. The van der Waals surface area contributed by atoms with Crippen molar-refractivity contribution in [1.29, 1.82) is 0 Å². The van der Waals surface area contributed by atoms with Gasteiger partial charge in [-0.05, 0) is 37.6 Å². The van der Waals surface area contributed by atoms with E-state index in [0.29, 0.717) is 11.3 Å². The van der Waals surface area contributed by atoms with Crippen molar-refractivity contribution in [2.75, 3.05) is 26.2 Å². The van der Waals surface area contributed by atoms with E-state index in [0.717, 1.165) is 4.90 Å². The van der Waals surface area contributed by atoms with Crippen molar-refractivity contribution < 1.29 is 24.3 Å². The number of nitrogens with two attached hydrogens (primary N) is 2. The molecule has 0 aromatic heterocycles. The van der Waals surface area contributed by atoms with E-state index in [4.69, 9.17) is 16.6 Å². The Morgan fingerprint density at radius 2 is 1.93 bits per heavy atom. The lowest BCUT2D eigenvalue weighted by Crippen LogP contribution is -2.68. The molecule has 1 atom stereocenters. The highest BCUT2D eigenvalue weighted by Gasteiger charge is 2.47. The predicted molar refractivity (Wildman–Crippen MR) is 104 cm³/mol. The molecule has 1 aliphatic rings. The van der Waals surface area contributed by atoms with Crippen LogP contribution in [0, 0.1) is 0 Å². The molecule has 1 unspecified atom stereocenters. The van der Waals surface area contributed by atoms with Gasteiger partial charge in [-0.1, -0.05) is 0 Å². The number of aliphatic carboxylic acids is 1. The van der Waals surface area contributed by atoms with Gasteiger partial charge >= 0.3 is 5.97 Å². The molecular weight excluding hydrogens is 380 g/mol. The smallest absolute Gasteiger partial charge is 0.323 e. The van der Waals surface area contributed by atoms with Gasteiger partial charge in [0, 0.05) is 25.2 Å². The van der Waals surface area contributed by atoms with Gasteiger partial charge in [0.25, 0.3) is 11.8 Å². The molecule has 1 aliphatic heterocycles. The average molecular weight is 404 g/mol. The zero-order valence-corrected chi connectivity index (χ0v) is 16.0. The molecule has 1 heterocycles. The number of carboxylic acid groups (broad SMARTS) is 1. The number of hydrogen-bond acceptors (Lipinski definition) is 6. The molecule has 0 bridgehead atoms. The van der Waals surface area contributed by atoms with Crippen molar-refractivity contribution in [2.24, 2.45) is 16.5 Å². The van der Waals surface area contributed by atoms with E-state index in [1.54, 1.807) is 12.1 Å². The van der Waals surface area contributed by atoms with Crippen molar-refractivity contribution in [3.63, 3.8) is 0 Å². The number of carbonyl (C=O) groups is 4. The maximum absolute atomic E-state index is 12.7. The first kappa shape index (κ1) is 21.8. The quantitative estimate of drug-likeness (QED) is 0.198. The predicted octanol–water partition coefficient (Wildman–Crippen LogP) is -1.44. The molecule has 2 amide bonds. The molecule has 7 N–H and O–H groups in total. The van der Waals surface area contributed by atoms with Gasteiger partial charge in [-0.15, -0.1) is 0 Å². The fourth-order valence-electron chi connectivity index (χ4n) is 3.11. The molecule has 1 saturated heterocycles. The van der Waals surface area contributed by atoms with Crippen LogP contribution in [0.5, 0.6) is 0 Å². The van der Waals surface area contributed by atoms with Crippen molar-refractivity contribution in [3.05, 3.63) is 29.8 Å². The molecule has 0 aliphatic carbocycles. The number of nitrogens with one attached hydrogen (secondary N) is 2. The number of guanidine groups is 1. The minimum Gasteiger partial charge on any atom is -0.480 e. The number of ketones is 1. The van der Waals surface area contributed by atoms with E-state index >= 15 is 0 Å². The number of benzene rings is 1. The topological polar surface area (TPSA) is 180 Å². The average Bonchev–Trinajstić information content (AvgIpc) is 2.64. The Morgan fingerprint density at radius 1 is 1.28 bits per heavy atom. The molecule has 29 heavy (non-hydrogen) atoms. The van der Waals surface area contributed by atoms with Crippen LogP contribution in [0.25, 0.3) is 0 Å². The van der Waals surface area contributed by atoms with Crippen molar-refractivity contribution in [2.45, 2.75) is 18.9 Å². The number of Topliss-reactive ketones (excluding diaryl/α,β-unsaturated/α-hetero) is 1. The van der Waals surface area contributed by atoms with Gasteiger partial charge in [-0.25, -0.2) is 4.99 Å². The molecule has 0 spiro atoms. The highest BCUT2D eigenvalue weighted by molar-refractivity contribution is 6.10. The Morgan fingerprint density at radius 3 is 2.48 bits per heavy atom. The summed E-state index contributed by atoms with van der Waals surface area (Å²) in [5.74, 6) is -2.69. The van der Waals surface area contributed by atoms with Gasteiger partial charge in [0.05, 0.1) is 5.69 Å². The van der Waals surface area contributed by atoms with Crippen LogP contribution >= 0.6 is 0 Å². The van der Waals surface area contributed by atoms with Crippen LogP contribution in [0.15, 0.2) is 29.3 Å². The van der Waals surface area contributed by atoms with Crippen molar-refractivity contribution in [3.8, 4) is 0 Å². The Kier molecular flexibility index (Phi) is 6.89. The summed E-state index contributed by atoms with van der Waals surface area (Å²) in [7, 11) is 0. The summed E-state index contributed by atoms with van der Waals surface area (Å²) in [4.78, 5) is 53.2. The molecular formula is C18H24N6O5. The highest BCUT2D eigenvalue weighted by Crippen LogP contribution is 2.19. The third kappa shape index (κ3) is 5.29. The van der Waals surface area contributed by atoms with Gasteiger partial charge in [0.15, 0.2) is 17.3 Å². The minimum absolute atomic E-state index is 0.00485. The molecule has 2 rings (SSSR count). The van der Waals surface area contributed by atoms with Crippen LogP contribution in [0.4, 0.5) is 5.69 Å². The first-order valence-corrected chi connectivity index (χ1v) is 8.91. The summed E-state index contributed by atoms with van der Waals surface area (Å²) >= 11 is 0. The third-order valence-electron chi connectivity index (χ3n) is 4.56. The normalized spacial score (nSPS) is 18.8. The maximum Gasteiger partial charge on any atom is 0.323 e. The molecule has 0 saturated carbocycles. The van der Waals surface area contributed by atoms with Crippen molar-refractivity contribution >= 4 is 35.2 Å². The van der Waals surface area contributed by atoms with Gasteiger partial charge in [0.1, 0.15) is 6.54 Å². The van der Waals surface area contributed by atoms with Gasteiger partial charge in [0.2, 0.25) is 0 Å². The fraction of sp³-hybridized carbons (Fsp3) is 0.389. The Bertz CT molecular complexity index is 834. The van der Waals surface area contributed by atoms with E-state index < -0.39 is 35.7 Å². The lowest BCUT2D eigenvalue weighted by Gasteiger charge is -2.40. The van der Waals surface area contributed by atoms with Gasteiger partial charge in [-0.2, -0.15) is 0 Å². The van der Waals surface area contributed by atoms with Crippen LogP contribution in [0.2, 0.25) is 0 Å². The summed E-state index contributed by atoms with van der Waals surface area (Å²) < 4.78 is 0. The molecule has 156 valence electrons. The lowest BCUT2D eigenvalue weighted by molar-refractivity contribution is -0.153. The number of piperazine rings is 1. The van der Waals surface area contributed by atoms with Crippen molar-refractivity contribution in [1.82, 2.24) is 15.5 Å². The fourth-order valence-corrected chi connectivity index (χ4v) is 3.11. The zero-order valence-electron chi connectivity index (χ0n) is 16.0. The number of hydrogen-bond donors (Lipinski definition) is 5. The summed E-state index contributed by atoms with van der Waals surface area (Å²) in [6.07, 6.45) is -0.00485. The van der Waals surface area contributed by atoms with E-state index in [2.05, 4.69) is 15.6 Å². The van der Waals surface area contributed by atoms with E-state index in [9.17, 15) is 19.2 Å². The number of carbonyl (C=O) groups excluding carboxylic acids is 3. The molecule has 0 radical (unpaired) electrons. The summed E-state index contributed by atoms with van der Waals surface area (Å²) in [5, 5.41) is 14.5. The first-order valence-electron chi connectivity index (χ1n) is 8.91. The second-order valence-electron chi connectivity index (χ2n) is 6.60. The molecule has 1 aromatic carbocycles. The SMILES string of the molecule is CC(=O)C1(CCNC(=O)c2ccc(N=C(N)N)cc2)NCCN(CC(=O)O)C1=O. The first-order chi connectivity index (χ1) is 13.7. The Labute approximate surface area is 167 Å². The number of amides is 2. The molecule has 1 aromatic rings. The number of aliphatic imine (C=N–C) groups is 1. The second kappa shape index (κ2) is 9.15. The number of carboxylic acids is 1. The van der Waals surface area contributed by atoms with Crippen LogP contribution in [-0.2, 0) is 14.4 Å². The number of nitrogens with zero attached hydrogens (tertiary/aromatic N) is 2. The maximum atomic E-state index is 12.7. The second-order valence-corrected chi connectivity index (χ2v) is 6.60. The third-order valence-corrected chi connectivity index (χ3v) is 4.56. The minimum atomic E-state index is -1.56. The number of rotatable bonds is 8. The van der Waals surface area contributed by atoms with Gasteiger partial charge in [-0.3, -0.25) is 24.5 Å². The summed E-state index contributed by atoms with van der Waals surface area (Å²) in [6.45, 7) is 1.28. The van der Waals surface area contributed by atoms with E-state index in [1.807, 2.05) is 0 Å². The van der Waals surface area contributed by atoms with Gasteiger partial charge < -0.3 is 26.8 Å². The van der Waals surface area contributed by atoms with Crippen LogP contribution in [0.3, 0.4) is 0 Å². The zero-order chi connectivity index (χ0) is 21.6. The summed E-state index contributed by atoms with van der Waals surface area (Å²) in [5.41, 5.74) is 9.88. The van der Waals surface area contributed by atoms with Crippen LogP contribution in [-0.4, -0.2) is 71.3 Å². The summed E-state index contributed by atoms with van der Waals surface area (Å²) in [6, 6.07) is 6.22. The highest BCUT2D eigenvalue weighted by atomic mass is 16.4. The largest absolute Gasteiger partial charge is 0.480 e. The Balaban J connectivity index is 2.03. The molecule has 1 fully saturated rings. The molecule has 11 nitrogen and oxygen atoms in total. The standard InChI is InChI=1S/C18H24N6O5/c1-11(25)18(16(29)24(9-8-22-18)10-14(26)27)6-7-21-15(28)12-2-4-13(5-3-12)23-17(19)20/h2-5,22H,6-10H2,1H3,(H,21,28)(H,26,27)(H4,19,20,23). The van der Waals surface area contributed by atoms with Crippen LogP contribution in [0.1, 0.15) is 23.7 Å². The molecule has 11 heteroatoms. The monoisotopic (exact) mass is 404 g/mol. The van der Waals surface area contributed by atoms with Crippen LogP contribution < -0.4 is 22.1 Å². The van der Waals surface area contributed by atoms with E-state index in [-0.39, 0.29) is 32.0 Å². The van der Waals surface area contributed by atoms with E-state index in [1.165, 1.54) is 19.1 Å². The lowest BCUT2D eigenvalue weighted by atomic mass is 9.87.